The maximum Gasteiger partial charge on any atom is 0.332 e. The second-order valence-electron chi connectivity index (χ2n) is 2.96. The quantitative estimate of drug-likeness (QED) is 0.569. The molecule has 0 saturated carbocycles. The van der Waals surface area contributed by atoms with Gasteiger partial charge in [0.15, 0.2) is 11.5 Å². The molecule has 0 spiro atoms. The Hall–Kier alpha value is -2.31. The maximum absolute atomic E-state index is 13.4. The molecule has 0 unspecified atom stereocenters. The minimum atomic E-state index is -0.822. The molecule has 1 aliphatic rings. The van der Waals surface area contributed by atoms with Gasteiger partial charge in [0.25, 0.3) is 0 Å². The van der Waals surface area contributed by atoms with Gasteiger partial charge in [-0.3, -0.25) is 0 Å². The summed E-state index contributed by atoms with van der Waals surface area (Å²) in [5, 5.41) is 3.44. The number of carbonyl (C=O) groups excluding carboxylic acids is 1. The molecule has 1 aromatic carbocycles. The molecule has 0 radical (unpaired) electrons. The number of fused-ring (bicyclic) bond motifs is 1. The van der Waals surface area contributed by atoms with Crippen molar-refractivity contribution in [1.82, 2.24) is 5.43 Å². The average Bonchev–Trinajstić information content (AvgIpc) is 2.64. The van der Waals surface area contributed by atoms with Crippen LogP contribution in [0.2, 0.25) is 0 Å². The lowest BCUT2D eigenvalue weighted by atomic mass is 10.2. The van der Waals surface area contributed by atoms with E-state index >= 15 is 0 Å². The Morgan fingerprint density at radius 1 is 1.50 bits per heavy atom. The van der Waals surface area contributed by atoms with Crippen LogP contribution in [-0.4, -0.2) is 19.0 Å². The number of nitrogens with one attached hydrogen (secondary N) is 1. The number of halogens is 1. The van der Waals surface area contributed by atoms with Crippen LogP contribution >= 0.6 is 0 Å². The smallest absolute Gasteiger partial charge is 0.332 e. The SMILES string of the molecule is NC(=O)NN=Cc1cc2c(cc1F)OCO2. The molecule has 0 bridgehead atoms. The predicted molar refractivity (Wildman–Crippen MR) is 52.8 cm³/mol. The molecule has 16 heavy (non-hydrogen) atoms. The van der Waals surface area contributed by atoms with E-state index in [1.165, 1.54) is 12.1 Å². The van der Waals surface area contributed by atoms with E-state index in [0.717, 1.165) is 6.21 Å². The Morgan fingerprint density at radius 2 is 2.19 bits per heavy atom. The number of urea groups is 1. The minimum Gasteiger partial charge on any atom is -0.454 e. The van der Waals surface area contributed by atoms with Crippen LogP contribution in [0.25, 0.3) is 0 Å². The molecule has 2 rings (SSSR count). The van der Waals surface area contributed by atoms with Gasteiger partial charge in [0.2, 0.25) is 6.79 Å². The molecule has 0 aliphatic carbocycles. The first-order valence-corrected chi connectivity index (χ1v) is 4.34. The maximum atomic E-state index is 13.4. The molecule has 3 N–H and O–H groups in total. The number of ether oxygens (including phenoxy) is 2. The molecule has 2 amide bonds. The summed E-state index contributed by atoms with van der Waals surface area (Å²) in [4.78, 5) is 10.3. The van der Waals surface area contributed by atoms with E-state index in [9.17, 15) is 9.18 Å². The Bertz CT molecular complexity index is 462. The van der Waals surface area contributed by atoms with Gasteiger partial charge in [-0.25, -0.2) is 14.6 Å². The van der Waals surface area contributed by atoms with Crippen LogP contribution in [-0.2, 0) is 0 Å². The third-order valence-corrected chi connectivity index (χ3v) is 1.87. The Balaban J connectivity index is 2.21. The third kappa shape index (κ3) is 2.02. The minimum absolute atomic E-state index is 0.0644. The van der Waals surface area contributed by atoms with Crippen LogP contribution < -0.4 is 20.6 Å². The summed E-state index contributed by atoms with van der Waals surface area (Å²) in [6, 6.07) is 1.79. The number of rotatable bonds is 2. The second kappa shape index (κ2) is 4.05. The predicted octanol–water partition coefficient (Wildman–Crippen LogP) is 0.557. The highest BCUT2D eigenvalue weighted by atomic mass is 19.1. The molecule has 1 aromatic rings. The Labute approximate surface area is 89.8 Å². The van der Waals surface area contributed by atoms with Crippen molar-refractivity contribution in [2.75, 3.05) is 6.79 Å². The van der Waals surface area contributed by atoms with Crippen LogP contribution in [0.4, 0.5) is 9.18 Å². The largest absolute Gasteiger partial charge is 0.454 e. The molecule has 0 saturated heterocycles. The topological polar surface area (TPSA) is 85.9 Å². The van der Waals surface area contributed by atoms with E-state index < -0.39 is 11.8 Å². The summed E-state index contributed by atoms with van der Waals surface area (Å²) < 4.78 is 23.4. The second-order valence-corrected chi connectivity index (χ2v) is 2.96. The average molecular weight is 225 g/mol. The fourth-order valence-corrected chi connectivity index (χ4v) is 1.20. The standard InChI is InChI=1S/C9H8FN3O3/c10-6-2-8-7(15-4-16-8)1-5(6)3-12-13-9(11)14/h1-3H,4H2,(H3,11,13,14). The number of hydrazone groups is 1. The molecule has 84 valence electrons. The van der Waals surface area contributed by atoms with Crippen molar-refractivity contribution in [3.8, 4) is 11.5 Å². The van der Waals surface area contributed by atoms with E-state index in [4.69, 9.17) is 15.2 Å². The van der Waals surface area contributed by atoms with Gasteiger partial charge in [-0.15, -0.1) is 0 Å². The lowest BCUT2D eigenvalue weighted by molar-refractivity contribution is 0.174. The summed E-state index contributed by atoms with van der Waals surface area (Å²) in [6.45, 7) is 0.0644. The van der Waals surface area contributed by atoms with Crippen LogP contribution in [0, 0.1) is 5.82 Å². The zero-order valence-corrected chi connectivity index (χ0v) is 8.07. The number of amides is 2. The van der Waals surface area contributed by atoms with Crippen LogP contribution in [0.3, 0.4) is 0 Å². The molecule has 1 aliphatic heterocycles. The van der Waals surface area contributed by atoms with E-state index in [0.29, 0.717) is 11.5 Å². The van der Waals surface area contributed by atoms with E-state index in [-0.39, 0.29) is 12.4 Å². The van der Waals surface area contributed by atoms with Crippen LogP contribution in [0.15, 0.2) is 17.2 Å². The number of carbonyl (C=O) groups is 1. The summed E-state index contributed by atoms with van der Waals surface area (Å²) in [5.41, 5.74) is 6.91. The van der Waals surface area contributed by atoms with E-state index in [1.54, 1.807) is 0 Å². The van der Waals surface area contributed by atoms with Crippen molar-refractivity contribution in [3.05, 3.63) is 23.5 Å². The van der Waals surface area contributed by atoms with Gasteiger partial charge < -0.3 is 15.2 Å². The first-order chi connectivity index (χ1) is 7.66. The van der Waals surface area contributed by atoms with Crippen LogP contribution in [0.1, 0.15) is 5.56 Å². The van der Waals surface area contributed by atoms with E-state index in [1.807, 2.05) is 5.43 Å². The summed E-state index contributed by atoms with van der Waals surface area (Å²) in [7, 11) is 0. The fourth-order valence-electron chi connectivity index (χ4n) is 1.20. The van der Waals surface area contributed by atoms with Crippen molar-refractivity contribution in [3.63, 3.8) is 0 Å². The highest BCUT2D eigenvalue weighted by Crippen LogP contribution is 2.33. The lowest BCUT2D eigenvalue weighted by Gasteiger charge is -1.99. The molecule has 7 heteroatoms. The lowest BCUT2D eigenvalue weighted by Crippen LogP contribution is -2.24. The zero-order chi connectivity index (χ0) is 11.5. The summed E-state index contributed by atoms with van der Waals surface area (Å²) in [6.07, 6.45) is 1.13. The number of hydrogen-bond acceptors (Lipinski definition) is 4. The molecular formula is C9H8FN3O3. The normalized spacial score (nSPS) is 13.1. The number of benzene rings is 1. The van der Waals surface area contributed by atoms with Crippen molar-refractivity contribution in [1.29, 1.82) is 0 Å². The molecular weight excluding hydrogens is 217 g/mol. The van der Waals surface area contributed by atoms with Crippen LogP contribution in [0.5, 0.6) is 11.5 Å². The third-order valence-electron chi connectivity index (χ3n) is 1.87. The fraction of sp³-hybridized carbons (Fsp3) is 0.111. The molecule has 0 aromatic heterocycles. The first-order valence-electron chi connectivity index (χ1n) is 4.34. The van der Waals surface area contributed by atoms with Gasteiger partial charge >= 0.3 is 6.03 Å². The zero-order valence-electron chi connectivity index (χ0n) is 8.07. The number of hydrogen-bond donors (Lipinski definition) is 2. The van der Waals surface area contributed by atoms with Crippen molar-refractivity contribution in [2.45, 2.75) is 0 Å². The monoisotopic (exact) mass is 225 g/mol. The molecule has 0 atom stereocenters. The Morgan fingerprint density at radius 3 is 2.88 bits per heavy atom. The Kier molecular flexibility index (Phi) is 2.59. The van der Waals surface area contributed by atoms with Gasteiger partial charge in [-0.05, 0) is 6.07 Å². The highest BCUT2D eigenvalue weighted by molar-refractivity contribution is 5.83. The number of nitrogens with two attached hydrogens (primary N) is 1. The van der Waals surface area contributed by atoms with Crippen molar-refractivity contribution >= 4 is 12.2 Å². The summed E-state index contributed by atoms with van der Waals surface area (Å²) in [5.74, 6) is 0.249. The van der Waals surface area contributed by atoms with Gasteiger partial charge in [0.1, 0.15) is 5.82 Å². The van der Waals surface area contributed by atoms with Gasteiger partial charge in [-0.2, -0.15) is 5.10 Å². The highest BCUT2D eigenvalue weighted by Gasteiger charge is 2.16. The van der Waals surface area contributed by atoms with Crippen molar-refractivity contribution in [2.24, 2.45) is 10.8 Å². The molecule has 0 fully saturated rings. The molecule has 6 nitrogen and oxygen atoms in total. The van der Waals surface area contributed by atoms with Gasteiger partial charge in [0, 0.05) is 11.6 Å². The first kappa shape index (κ1) is 10.2. The van der Waals surface area contributed by atoms with E-state index in [2.05, 4.69) is 5.10 Å². The summed E-state index contributed by atoms with van der Waals surface area (Å²) >= 11 is 0. The number of primary amides is 1. The van der Waals surface area contributed by atoms with Gasteiger partial charge in [-0.1, -0.05) is 0 Å². The van der Waals surface area contributed by atoms with Crippen molar-refractivity contribution < 1.29 is 18.7 Å². The molecule has 1 heterocycles. The van der Waals surface area contributed by atoms with Gasteiger partial charge in [0.05, 0.1) is 6.21 Å². The number of nitrogens with zero attached hydrogens (tertiary/aromatic N) is 1.